The predicted molar refractivity (Wildman–Crippen MR) is 104 cm³/mol. The topological polar surface area (TPSA) is 0 Å². The molecule has 0 nitrogen and oxygen atoms in total. The van der Waals surface area contributed by atoms with Crippen molar-refractivity contribution in [1.29, 1.82) is 0 Å². The van der Waals surface area contributed by atoms with Crippen LogP contribution in [0, 0.1) is 13.8 Å². The summed E-state index contributed by atoms with van der Waals surface area (Å²) in [6.07, 6.45) is 7.41. The molecule has 2 atom stereocenters. The number of fused-ring (bicyclic) bond motifs is 2. The molecule has 2 aliphatic rings. The molecule has 2 aromatic rings. The first-order valence-electron chi connectivity index (χ1n) is 9.50. The van der Waals surface area contributed by atoms with Crippen molar-refractivity contribution in [3.63, 3.8) is 0 Å². The maximum atomic E-state index is 2.51. The Hall–Kier alpha value is -1.34. The first-order chi connectivity index (χ1) is 12.1. The van der Waals surface area contributed by atoms with Crippen LogP contribution < -0.4 is 9.41 Å². The number of halogens is 2. The van der Waals surface area contributed by atoms with Crippen molar-refractivity contribution in [3.8, 4) is 0 Å². The number of hydrogen-bond donors (Lipinski definition) is 0. The Morgan fingerprint density at radius 3 is 1.48 bits per heavy atom. The van der Waals surface area contributed by atoms with E-state index in [2.05, 4.69) is 76.2 Å². The van der Waals surface area contributed by atoms with E-state index in [1.54, 1.807) is 22.3 Å². The number of hydrogen-bond acceptors (Lipinski definition) is 0. The summed E-state index contributed by atoms with van der Waals surface area (Å²) in [4.78, 5) is 0. The van der Waals surface area contributed by atoms with Crippen molar-refractivity contribution in [1.82, 2.24) is 0 Å². The second kappa shape index (κ2) is 8.78. The third kappa shape index (κ3) is 3.68. The van der Waals surface area contributed by atoms with E-state index in [9.17, 15) is 0 Å². The predicted octanol–water partition coefficient (Wildman–Crippen LogP) is 0.790. The molecule has 0 spiro atoms. The van der Waals surface area contributed by atoms with Gasteiger partial charge in [0.05, 0.1) is 0 Å². The molecule has 3 heteroatoms. The maximum Gasteiger partial charge on any atom is -1.00 e. The molecule has 140 valence electrons. The van der Waals surface area contributed by atoms with E-state index in [4.69, 9.17) is 0 Å². The van der Waals surface area contributed by atoms with E-state index in [0.717, 1.165) is 7.25 Å². The molecule has 0 saturated heterocycles. The fourth-order valence-corrected chi connectivity index (χ4v) is 9.82. The molecule has 0 aliphatic heterocycles. The van der Waals surface area contributed by atoms with Gasteiger partial charge in [0.1, 0.15) is 0 Å². The van der Waals surface area contributed by atoms with Crippen LogP contribution >= 0.6 is 0 Å². The molecule has 0 saturated carbocycles. The first-order valence-corrected chi connectivity index (χ1v) is 12.3. The van der Waals surface area contributed by atoms with Gasteiger partial charge < -0.3 is 9.41 Å². The molecule has 2 aliphatic carbocycles. The van der Waals surface area contributed by atoms with Gasteiger partial charge in [0.25, 0.3) is 0 Å². The first kappa shape index (κ1) is 22.0. The molecular weight excluding hydrogens is 417 g/mol. The molecule has 27 heavy (non-hydrogen) atoms. The van der Waals surface area contributed by atoms with Gasteiger partial charge >= 0.3 is 164 Å². The molecule has 0 fully saturated rings. The fraction of sp³-hybridized carbons (Fsp3) is 0.333. The molecule has 2 aromatic carbocycles. The van der Waals surface area contributed by atoms with Crippen LogP contribution in [0.2, 0.25) is 0 Å². The van der Waals surface area contributed by atoms with Crippen LogP contribution in [0.5, 0.6) is 0 Å². The average molecular weight is 444 g/mol. The van der Waals surface area contributed by atoms with Crippen LogP contribution in [-0.2, 0) is 23.2 Å². The summed E-state index contributed by atoms with van der Waals surface area (Å²) in [6, 6.07) is 13.8. The summed E-state index contributed by atoms with van der Waals surface area (Å²) in [5.74, 6) is 0. The third-order valence-electron chi connectivity index (χ3n) is 5.89. The Bertz CT molecular complexity index is 822. The van der Waals surface area contributed by atoms with E-state index in [0.29, 0.717) is 0 Å². The molecule has 2 unspecified atom stereocenters. The number of benzene rings is 2. The normalized spacial score (nSPS) is 19.1. The van der Waals surface area contributed by atoms with Gasteiger partial charge in [-0.25, -0.2) is 0 Å². The summed E-state index contributed by atoms with van der Waals surface area (Å²) >= 11 is -0.686. The second-order valence-electron chi connectivity index (χ2n) is 7.33. The SMILES string of the molecule is CCC1=Cc2c(C)cccc2[CH]1[Zr+2][CH]1C(CC)=Cc2c(C)cccc21.[F-].[F-]. The zero-order valence-electron chi connectivity index (χ0n) is 16.4. The van der Waals surface area contributed by atoms with Gasteiger partial charge in [0.15, 0.2) is 0 Å². The molecule has 0 amide bonds. The Morgan fingerprint density at radius 2 is 1.11 bits per heavy atom. The smallest absolute Gasteiger partial charge is 1.00 e. The second-order valence-corrected chi connectivity index (χ2v) is 11.0. The Balaban J connectivity index is 0.00000131. The third-order valence-corrected chi connectivity index (χ3v) is 10.9. The summed E-state index contributed by atoms with van der Waals surface area (Å²) in [7, 11) is 0. The van der Waals surface area contributed by atoms with Crippen molar-refractivity contribution in [2.45, 2.75) is 47.8 Å². The molecule has 0 aromatic heterocycles. The van der Waals surface area contributed by atoms with Gasteiger partial charge in [0.2, 0.25) is 0 Å². The van der Waals surface area contributed by atoms with Crippen molar-refractivity contribution in [2.24, 2.45) is 0 Å². The molecular formula is C24H26F2Zr. The quantitative estimate of drug-likeness (QED) is 0.656. The van der Waals surface area contributed by atoms with Crippen molar-refractivity contribution < 1.29 is 32.6 Å². The van der Waals surface area contributed by atoms with E-state index >= 15 is 0 Å². The van der Waals surface area contributed by atoms with Crippen LogP contribution in [0.15, 0.2) is 47.5 Å². The Morgan fingerprint density at radius 1 is 0.704 bits per heavy atom. The molecule has 0 N–H and O–H groups in total. The van der Waals surface area contributed by atoms with Gasteiger partial charge in [-0.15, -0.1) is 0 Å². The van der Waals surface area contributed by atoms with E-state index in [1.165, 1.54) is 35.1 Å². The van der Waals surface area contributed by atoms with Gasteiger partial charge in [-0.1, -0.05) is 0 Å². The van der Waals surface area contributed by atoms with Crippen molar-refractivity contribution >= 4 is 12.2 Å². The Labute approximate surface area is 173 Å². The van der Waals surface area contributed by atoms with Crippen LogP contribution in [-0.4, -0.2) is 0 Å². The van der Waals surface area contributed by atoms with E-state index in [-0.39, 0.29) is 9.41 Å². The van der Waals surface area contributed by atoms with Crippen molar-refractivity contribution in [2.75, 3.05) is 0 Å². The number of rotatable bonds is 4. The molecule has 0 radical (unpaired) electrons. The van der Waals surface area contributed by atoms with Crippen molar-refractivity contribution in [3.05, 3.63) is 80.9 Å². The molecule has 4 rings (SSSR count). The fourth-order valence-electron chi connectivity index (χ4n) is 4.41. The maximum absolute atomic E-state index is 2.51. The van der Waals surface area contributed by atoms with Gasteiger partial charge in [-0.05, 0) is 0 Å². The minimum absolute atomic E-state index is 0. The average Bonchev–Trinajstić information content (AvgIpc) is 3.16. The van der Waals surface area contributed by atoms with Crippen LogP contribution in [0.4, 0.5) is 0 Å². The molecule has 0 bridgehead atoms. The number of allylic oxidation sites excluding steroid dienone is 2. The molecule has 0 heterocycles. The summed E-state index contributed by atoms with van der Waals surface area (Å²) in [6.45, 7) is 9.20. The largest absolute Gasteiger partial charge is 1.00 e. The minimum Gasteiger partial charge on any atom is -1.00 e. The summed E-state index contributed by atoms with van der Waals surface area (Å²) in [5.41, 5.74) is 12.6. The number of aryl methyl sites for hydroxylation is 2. The van der Waals surface area contributed by atoms with Gasteiger partial charge in [0, 0.05) is 0 Å². The zero-order chi connectivity index (χ0) is 17.6. The van der Waals surface area contributed by atoms with Crippen LogP contribution in [0.1, 0.15) is 67.3 Å². The standard InChI is InChI=1S/2C12H13.2FH.Zr/c2*1-3-10-7-11-6-4-5-9(2)12(11)8-10;;;/h2*4-8H,3H2,1-2H3;2*1H;/q;;;;+2/p-2. The zero-order valence-corrected chi connectivity index (χ0v) is 18.9. The van der Waals surface area contributed by atoms with E-state index in [1.807, 2.05) is 0 Å². The van der Waals surface area contributed by atoms with Gasteiger partial charge in [-0.2, -0.15) is 0 Å². The summed E-state index contributed by atoms with van der Waals surface area (Å²) in [5, 5.41) is 0. The monoisotopic (exact) mass is 442 g/mol. The van der Waals surface area contributed by atoms with E-state index < -0.39 is 23.2 Å². The van der Waals surface area contributed by atoms with Crippen LogP contribution in [0.3, 0.4) is 0 Å². The van der Waals surface area contributed by atoms with Crippen LogP contribution in [0.25, 0.3) is 12.2 Å². The summed E-state index contributed by atoms with van der Waals surface area (Å²) < 4.78 is 1.49. The Kier molecular flexibility index (Phi) is 7.14. The van der Waals surface area contributed by atoms with Gasteiger partial charge in [-0.3, -0.25) is 0 Å². The minimum atomic E-state index is -0.686.